The van der Waals surface area contributed by atoms with Gasteiger partial charge in [-0.3, -0.25) is 4.79 Å². The van der Waals surface area contributed by atoms with E-state index in [4.69, 9.17) is 9.26 Å². The highest BCUT2D eigenvalue weighted by Crippen LogP contribution is 2.30. The van der Waals surface area contributed by atoms with E-state index in [1.54, 1.807) is 23.7 Å². The van der Waals surface area contributed by atoms with Crippen LogP contribution < -0.4 is 5.32 Å². The lowest BCUT2D eigenvalue weighted by molar-refractivity contribution is -0.119. The fourth-order valence-electron chi connectivity index (χ4n) is 2.70. The SMILES string of the molecule is Cc1cc(NC(=O)COC(=O)c2cc3c(C)nn(-c4ccccc4)c3s2)no1. The Labute approximate surface area is 163 Å². The molecule has 28 heavy (non-hydrogen) atoms. The van der Waals surface area contributed by atoms with Crippen LogP contribution in [0.25, 0.3) is 15.9 Å². The Morgan fingerprint density at radius 1 is 1.21 bits per heavy atom. The molecule has 4 aromatic rings. The lowest BCUT2D eigenvalue weighted by atomic mass is 10.3. The molecule has 0 bridgehead atoms. The molecule has 0 saturated carbocycles. The number of carbonyl (C=O) groups is 2. The van der Waals surface area contributed by atoms with Crippen molar-refractivity contribution in [3.8, 4) is 5.69 Å². The number of ether oxygens (including phenoxy) is 1. The van der Waals surface area contributed by atoms with Crippen molar-refractivity contribution in [1.82, 2.24) is 14.9 Å². The summed E-state index contributed by atoms with van der Waals surface area (Å²) in [4.78, 5) is 25.5. The predicted molar refractivity (Wildman–Crippen MR) is 104 cm³/mol. The third-order valence-electron chi connectivity index (χ3n) is 3.98. The normalized spacial score (nSPS) is 10.9. The van der Waals surface area contributed by atoms with Gasteiger partial charge < -0.3 is 14.6 Å². The molecule has 0 saturated heterocycles. The number of hydrogen-bond donors (Lipinski definition) is 1. The van der Waals surface area contributed by atoms with E-state index in [0.717, 1.165) is 21.6 Å². The molecule has 0 unspecified atom stereocenters. The van der Waals surface area contributed by atoms with E-state index in [9.17, 15) is 9.59 Å². The molecule has 0 aliphatic heterocycles. The third kappa shape index (κ3) is 3.52. The molecule has 142 valence electrons. The number of anilines is 1. The van der Waals surface area contributed by atoms with Crippen LogP contribution in [0, 0.1) is 13.8 Å². The van der Waals surface area contributed by atoms with Crippen molar-refractivity contribution in [1.29, 1.82) is 0 Å². The highest BCUT2D eigenvalue weighted by Gasteiger charge is 2.19. The average Bonchev–Trinajstić information content (AvgIpc) is 3.37. The van der Waals surface area contributed by atoms with E-state index < -0.39 is 18.5 Å². The van der Waals surface area contributed by atoms with E-state index in [1.807, 2.05) is 37.3 Å². The minimum atomic E-state index is -0.563. The van der Waals surface area contributed by atoms with Gasteiger partial charge in [0.15, 0.2) is 12.4 Å². The van der Waals surface area contributed by atoms with Gasteiger partial charge in [-0.15, -0.1) is 11.3 Å². The van der Waals surface area contributed by atoms with Crippen LogP contribution in [-0.2, 0) is 9.53 Å². The summed E-state index contributed by atoms with van der Waals surface area (Å²) in [6.07, 6.45) is 0. The van der Waals surface area contributed by atoms with Gasteiger partial charge >= 0.3 is 5.97 Å². The van der Waals surface area contributed by atoms with Gasteiger partial charge in [0.05, 0.1) is 11.4 Å². The van der Waals surface area contributed by atoms with E-state index in [0.29, 0.717) is 10.6 Å². The average molecular weight is 396 g/mol. The monoisotopic (exact) mass is 396 g/mol. The van der Waals surface area contributed by atoms with Gasteiger partial charge in [0.1, 0.15) is 15.5 Å². The Morgan fingerprint density at radius 2 is 2.00 bits per heavy atom. The van der Waals surface area contributed by atoms with Crippen LogP contribution in [0.2, 0.25) is 0 Å². The number of nitrogens with zero attached hydrogens (tertiary/aromatic N) is 3. The topological polar surface area (TPSA) is 99.2 Å². The third-order valence-corrected chi connectivity index (χ3v) is 5.07. The molecule has 1 amide bonds. The fourth-order valence-corrected chi connectivity index (χ4v) is 3.78. The molecule has 0 aliphatic carbocycles. The number of nitrogens with one attached hydrogen (secondary N) is 1. The van der Waals surface area contributed by atoms with Crippen molar-refractivity contribution in [2.75, 3.05) is 11.9 Å². The lowest BCUT2D eigenvalue weighted by Crippen LogP contribution is -2.20. The molecule has 0 radical (unpaired) electrons. The summed E-state index contributed by atoms with van der Waals surface area (Å²) in [6.45, 7) is 3.18. The Kier molecular flexibility index (Phi) is 4.66. The van der Waals surface area contributed by atoms with Gasteiger partial charge in [-0.25, -0.2) is 9.48 Å². The van der Waals surface area contributed by atoms with Crippen LogP contribution in [0.3, 0.4) is 0 Å². The van der Waals surface area contributed by atoms with Crippen LogP contribution in [0.5, 0.6) is 0 Å². The summed E-state index contributed by atoms with van der Waals surface area (Å²) < 4.78 is 11.8. The maximum absolute atomic E-state index is 12.4. The van der Waals surface area contributed by atoms with Gasteiger partial charge in [-0.05, 0) is 32.0 Å². The number of hydrogen-bond acceptors (Lipinski definition) is 7. The molecular formula is C19H16N4O4S. The van der Waals surface area contributed by atoms with Crippen molar-refractivity contribution in [2.45, 2.75) is 13.8 Å². The fraction of sp³-hybridized carbons (Fsp3) is 0.158. The van der Waals surface area contributed by atoms with Gasteiger partial charge in [0, 0.05) is 11.5 Å². The van der Waals surface area contributed by atoms with Gasteiger partial charge in [-0.1, -0.05) is 23.4 Å². The standard InChI is InChI=1S/C19H16N4O4S/c1-11-8-16(22-27-11)20-17(24)10-26-19(25)15-9-14-12(2)21-23(18(14)28-15)13-6-4-3-5-7-13/h3-9H,10H2,1-2H3,(H,20,22,24). The van der Waals surface area contributed by atoms with Crippen LogP contribution >= 0.6 is 11.3 Å². The lowest BCUT2D eigenvalue weighted by Gasteiger charge is -2.03. The number of amides is 1. The van der Waals surface area contributed by atoms with E-state index in [-0.39, 0.29) is 5.82 Å². The first-order valence-corrected chi connectivity index (χ1v) is 9.28. The van der Waals surface area contributed by atoms with Gasteiger partial charge in [0.25, 0.3) is 5.91 Å². The number of carbonyl (C=O) groups excluding carboxylic acids is 2. The maximum atomic E-state index is 12.4. The highest BCUT2D eigenvalue weighted by molar-refractivity contribution is 7.20. The first kappa shape index (κ1) is 17.9. The predicted octanol–water partition coefficient (Wildman–Crippen LogP) is 3.49. The second-order valence-corrected chi connectivity index (χ2v) is 7.14. The van der Waals surface area contributed by atoms with E-state index >= 15 is 0 Å². The molecule has 0 spiro atoms. The van der Waals surface area contributed by atoms with Crippen molar-refractivity contribution in [3.63, 3.8) is 0 Å². The first-order valence-electron chi connectivity index (χ1n) is 8.46. The Bertz CT molecular complexity index is 1160. The smallest absolute Gasteiger partial charge is 0.348 e. The number of fused-ring (bicyclic) bond motifs is 1. The molecule has 8 nitrogen and oxygen atoms in total. The van der Waals surface area contributed by atoms with Crippen LogP contribution in [0.4, 0.5) is 5.82 Å². The highest BCUT2D eigenvalue weighted by atomic mass is 32.1. The number of aromatic nitrogens is 3. The Balaban J connectivity index is 1.48. The van der Waals surface area contributed by atoms with Gasteiger partial charge in [-0.2, -0.15) is 5.10 Å². The summed E-state index contributed by atoms with van der Waals surface area (Å²) >= 11 is 1.27. The van der Waals surface area contributed by atoms with Crippen molar-refractivity contribution < 1.29 is 18.8 Å². The van der Waals surface area contributed by atoms with Crippen LogP contribution in [0.1, 0.15) is 21.1 Å². The molecular weight excluding hydrogens is 380 g/mol. The zero-order valence-corrected chi connectivity index (χ0v) is 15.9. The quantitative estimate of drug-likeness (QED) is 0.519. The molecule has 3 aromatic heterocycles. The maximum Gasteiger partial charge on any atom is 0.348 e. The van der Waals surface area contributed by atoms with E-state index in [1.165, 1.54) is 11.3 Å². The second kappa shape index (κ2) is 7.28. The Morgan fingerprint density at radius 3 is 2.71 bits per heavy atom. The number of rotatable bonds is 5. The number of esters is 1. The molecule has 9 heteroatoms. The molecule has 0 aliphatic rings. The van der Waals surface area contributed by atoms with Crippen molar-refractivity contribution in [3.05, 3.63) is 58.8 Å². The number of benzene rings is 1. The molecule has 1 N–H and O–H groups in total. The molecule has 0 fully saturated rings. The summed E-state index contributed by atoms with van der Waals surface area (Å²) in [5.74, 6) is -0.208. The van der Waals surface area contributed by atoms with Crippen molar-refractivity contribution >= 4 is 39.2 Å². The zero-order chi connectivity index (χ0) is 19.7. The summed E-state index contributed by atoms with van der Waals surface area (Å²) in [5, 5.41) is 11.6. The largest absolute Gasteiger partial charge is 0.451 e. The minimum absolute atomic E-state index is 0.277. The molecule has 0 atom stereocenters. The molecule has 1 aromatic carbocycles. The number of thiophene rings is 1. The molecule has 3 heterocycles. The summed E-state index contributed by atoms with van der Waals surface area (Å²) in [5.41, 5.74) is 1.72. The summed E-state index contributed by atoms with van der Waals surface area (Å²) in [7, 11) is 0. The van der Waals surface area contributed by atoms with Crippen molar-refractivity contribution in [2.24, 2.45) is 0 Å². The number of para-hydroxylation sites is 1. The zero-order valence-electron chi connectivity index (χ0n) is 15.1. The summed E-state index contributed by atoms with van der Waals surface area (Å²) in [6, 6.07) is 13.0. The minimum Gasteiger partial charge on any atom is -0.451 e. The second-order valence-electron chi connectivity index (χ2n) is 6.11. The van der Waals surface area contributed by atoms with Crippen LogP contribution in [0.15, 0.2) is 47.0 Å². The van der Waals surface area contributed by atoms with Crippen LogP contribution in [-0.4, -0.2) is 33.4 Å². The molecule has 4 rings (SSSR count). The first-order chi connectivity index (χ1) is 13.5. The van der Waals surface area contributed by atoms with Gasteiger partial charge in [0.2, 0.25) is 0 Å². The Hall–Kier alpha value is -3.46. The number of aryl methyl sites for hydroxylation is 2. The van der Waals surface area contributed by atoms with E-state index in [2.05, 4.69) is 15.6 Å².